The molecule has 0 bridgehead atoms. The van der Waals surface area contributed by atoms with Crippen LogP contribution in [0.3, 0.4) is 0 Å². The molecule has 2 N–H and O–H groups in total. The summed E-state index contributed by atoms with van der Waals surface area (Å²) in [5.74, 6) is 0.360. The van der Waals surface area contributed by atoms with Crippen molar-refractivity contribution in [3.63, 3.8) is 0 Å². The maximum atomic E-state index is 12.1. The molecular formula is C19H23ClN2OS. The molecule has 1 fully saturated rings. The van der Waals surface area contributed by atoms with Crippen LogP contribution in [0.1, 0.15) is 18.4 Å². The molecule has 1 heterocycles. The number of carbonyl (C=O) groups excluding carboxylic acids is 1. The first kappa shape index (κ1) is 18.8. The number of halogens is 1. The molecule has 1 saturated heterocycles. The second-order valence-corrected chi connectivity index (χ2v) is 6.95. The molecule has 3 rings (SSSR count). The lowest BCUT2D eigenvalue weighted by atomic mass is 9.97. The zero-order chi connectivity index (χ0) is 15.9. The Morgan fingerprint density at radius 2 is 1.62 bits per heavy atom. The average Bonchev–Trinajstić information content (AvgIpc) is 2.62. The standard InChI is InChI=1S/C19H22N2OS.ClH/c22-19(16-10-12-20-13-11-16)21-14-15-6-8-18(9-7-15)23-17-4-2-1-3-5-17;/h1-9,16,20H,10-14H2,(H,21,22);1H. The molecule has 1 aliphatic rings. The van der Waals surface area contributed by atoms with Crippen LogP contribution in [0.4, 0.5) is 0 Å². The normalized spacial score (nSPS) is 14.7. The van der Waals surface area contributed by atoms with Crippen LogP contribution >= 0.6 is 24.2 Å². The first-order chi connectivity index (χ1) is 11.3. The van der Waals surface area contributed by atoms with Crippen molar-refractivity contribution in [1.29, 1.82) is 0 Å². The second kappa shape index (κ2) is 9.72. The van der Waals surface area contributed by atoms with E-state index in [0.717, 1.165) is 31.5 Å². The van der Waals surface area contributed by atoms with E-state index in [-0.39, 0.29) is 24.2 Å². The second-order valence-electron chi connectivity index (χ2n) is 5.80. The molecule has 0 radical (unpaired) electrons. The molecular weight excluding hydrogens is 340 g/mol. The fraction of sp³-hybridized carbons (Fsp3) is 0.316. The molecule has 0 aromatic heterocycles. The third-order valence-corrected chi connectivity index (χ3v) is 5.09. The molecule has 5 heteroatoms. The molecule has 0 spiro atoms. The number of carbonyl (C=O) groups is 1. The monoisotopic (exact) mass is 362 g/mol. The van der Waals surface area contributed by atoms with Crippen LogP contribution in [-0.2, 0) is 11.3 Å². The molecule has 2 aromatic carbocycles. The lowest BCUT2D eigenvalue weighted by Crippen LogP contribution is -2.37. The topological polar surface area (TPSA) is 41.1 Å². The maximum Gasteiger partial charge on any atom is 0.223 e. The minimum absolute atomic E-state index is 0. The van der Waals surface area contributed by atoms with Gasteiger partial charge in [-0.05, 0) is 55.8 Å². The Morgan fingerprint density at radius 1 is 1.00 bits per heavy atom. The van der Waals surface area contributed by atoms with Crippen molar-refractivity contribution < 1.29 is 4.79 Å². The summed E-state index contributed by atoms with van der Waals surface area (Å²) in [5.41, 5.74) is 1.14. The highest BCUT2D eigenvalue weighted by Crippen LogP contribution is 2.27. The highest BCUT2D eigenvalue weighted by molar-refractivity contribution is 7.99. The molecule has 0 atom stereocenters. The molecule has 2 aromatic rings. The van der Waals surface area contributed by atoms with Gasteiger partial charge in [0.15, 0.2) is 0 Å². The summed E-state index contributed by atoms with van der Waals surface area (Å²) >= 11 is 1.75. The van der Waals surface area contributed by atoms with E-state index in [0.29, 0.717) is 6.54 Å². The molecule has 0 aliphatic carbocycles. The van der Waals surface area contributed by atoms with Crippen molar-refractivity contribution in [2.45, 2.75) is 29.2 Å². The van der Waals surface area contributed by atoms with Crippen molar-refractivity contribution in [3.05, 3.63) is 60.2 Å². The van der Waals surface area contributed by atoms with E-state index in [1.54, 1.807) is 11.8 Å². The summed E-state index contributed by atoms with van der Waals surface area (Å²) < 4.78 is 0. The Balaban J connectivity index is 0.00000208. The molecule has 1 aliphatic heterocycles. The van der Waals surface area contributed by atoms with Crippen molar-refractivity contribution in [3.8, 4) is 0 Å². The molecule has 1 amide bonds. The van der Waals surface area contributed by atoms with Gasteiger partial charge in [0, 0.05) is 22.3 Å². The quantitative estimate of drug-likeness (QED) is 0.848. The molecule has 0 unspecified atom stereocenters. The van der Waals surface area contributed by atoms with Crippen LogP contribution in [0.2, 0.25) is 0 Å². The number of benzene rings is 2. The average molecular weight is 363 g/mol. The summed E-state index contributed by atoms with van der Waals surface area (Å²) in [6, 6.07) is 18.8. The van der Waals surface area contributed by atoms with Gasteiger partial charge in [-0.3, -0.25) is 4.79 Å². The molecule has 0 saturated carbocycles. The van der Waals surface area contributed by atoms with Gasteiger partial charge in [-0.25, -0.2) is 0 Å². The predicted octanol–water partition coefficient (Wildman–Crippen LogP) is 3.88. The number of hydrogen-bond acceptors (Lipinski definition) is 3. The zero-order valence-electron chi connectivity index (χ0n) is 13.5. The van der Waals surface area contributed by atoms with Gasteiger partial charge < -0.3 is 10.6 Å². The molecule has 3 nitrogen and oxygen atoms in total. The Hall–Kier alpha value is -1.49. The number of piperidine rings is 1. The van der Waals surface area contributed by atoms with Crippen molar-refractivity contribution >= 4 is 30.1 Å². The van der Waals surface area contributed by atoms with Gasteiger partial charge in [0.2, 0.25) is 5.91 Å². The minimum atomic E-state index is 0. The number of amides is 1. The third-order valence-electron chi connectivity index (χ3n) is 4.08. The maximum absolute atomic E-state index is 12.1. The Labute approximate surface area is 154 Å². The lowest BCUT2D eigenvalue weighted by Gasteiger charge is -2.21. The van der Waals surface area contributed by atoms with Crippen LogP contribution in [-0.4, -0.2) is 19.0 Å². The van der Waals surface area contributed by atoms with Gasteiger partial charge in [-0.2, -0.15) is 0 Å². The predicted molar refractivity (Wildman–Crippen MR) is 102 cm³/mol. The van der Waals surface area contributed by atoms with E-state index >= 15 is 0 Å². The van der Waals surface area contributed by atoms with E-state index in [2.05, 4.69) is 47.0 Å². The van der Waals surface area contributed by atoms with Crippen molar-refractivity contribution in [2.75, 3.05) is 13.1 Å². The van der Waals surface area contributed by atoms with E-state index in [1.165, 1.54) is 9.79 Å². The van der Waals surface area contributed by atoms with Gasteiger partial charge >= 0.3 is 0 Å². The van der Waals surface area contributed by atoms with Gasteiger partial charge in [0.05, 0.1) is 0 Å². The number of nitrogens with one attached hydrogen (secondary N) is 2. The van der Waals surface area contributed by atoms with Gasteiger partial charge in [0.1, 0.15) is 0 Å². The highest BCUT2D eigenvalue weighted by atomic mass is 35.5. The summed E-state index contributed by atoms with van der Waals surface area (Å²) in [6.45, 7) is 2.51. The van der Waals surface area contributed by atoms with Gasteiger partial charge in [0.25, 0.3) is 0 Å². The van der Waals surface area contributed by atoms with Crippen LogP contribution in [0.15, 0.2) is 64.4 Å². The summed E-state index contributed by atoms with van der Waals surface area (Å²) in [7, 11) is 0. The summed E-state index contributed by atoms with van der Waals surface area (Å²) in [6.07, 6.45) is 1.89. The zero-order valence-corrected chi connectivity index (χ0v) is 15.2. The van der Waals surface area contributed by atoms with Gasteiger partial charge in [-0.15, -0.1) is 12.4 Å². The lowest BCUT2D eigenvalue weighted by molar-refractivity contribution is -0.125. The first-order valence-corrected chi connectivity index (χ1v) is 8.93. The third kappa shape index (κ3) is 5.55. The number of hydrogen-bond donors (Lipinski definition) is 2. The summed E-state index contributed by atoms with van der Waals surface area (Å²) in [5, 5.41) is 6.35. The van der Waals surface area contributed by atoms with Crippen molar-refractivity contribution in [2.24, 2.45) is 5.92 Å². The minimum Gasteiger partial charge on any atom is -0.352 e. The van der Waals surface area contributed by atoms with E-state index < -0.39 is 0 Å². The van der Waals surface area contributed by atoms with Crippen LogP contribution in [0.5, 0.6) is 0 Å². The highest BCUT2D eigenvalue weighted by Gasteiger charge is 2.20. The Kier molecular flexibility index (Phi) is 7.63. The van der Waals surface area contributed by atoms with Crippen molar-refractivity contribution in [1.82, 2.24) is 10.6 Å². The Bertz CT molecular complexity index is 628. The van der Waals surface area contributed by atoms with E-state index in [4.69, 9.17) is 0 Å². The summed E-state index contributed by atoms with van der Waals surface area (Å²) in [4.78, 5) is 14.6. The van der Waals surface area contributed by atoms with E-state index in [1.807, 2.05) is 18.2 Å². The van der Waals surface area contributed by atoms with Crippen LogP contribution in [0, 0.1) is 5.92 Å². The first-order valence-electron chi connectivity index (χ1n) is 8.11. The fourth-order valence-electron chi connectivity index (χ4n) is 2.72. The van der Waals surface area contributed by atoms with Gasteiger partial charge in [-0.1, -0.05) is 42.1 Å². The Morgan fingerprint density at radius 3 is 2.29 bits per heavy atom. The van der Waals surface area contributed by atoms with Crippen LogP contribution in [0.25, 0.3) is 0 Å². The SMILES string of the molecule is Cl.O=C(NCc1ccc(Sc2ccccc2)cc1)C1CCNCC1. The largest absolute Gasteiger partial charge is 0.352 e. The van der Waals surface area contributed by atoms with Crippen LogP contribution < -0.4 is 10.6 Å². The van der Waals surface area contributed by atoms with E-state index in [9.17, 15) is 4.79 Å². The molecule has 128 valence electrons. The number of rotatable bonds is 5. The molecule has 24 heavy (non-hydrogen) atoms. The fourth-order valence-corrected chi connectivity index (χ4v) is 3.56. The smallest absolute Gasteiger partial charge is 0.223 e.